The van der Waals surface area contributed by atoms with Crippen molar-refractivity contribution in [1.29, 1.82) is 0 Å². The molecule has 1 atom stereocenters. The van der Waals surface area contributed by atoms with Crippen LogP contribution in [0.1, 0.15) is 18.1 Å². The minimum Gasteiger partial charge on any atom is -0.292 e. The van der Waals surface area contributed by atoms with Gasteiger partial charge in [-0.1, -0.05) is 116 Å². The van der Waals surface area contributed by atoms with E-state index in [0.29, 0.717) is 5.92 Å². The summed E-state index contributed by atoms with van der Waals surface area (Å²) in [4.78, 5) is 9.12. The number of aliphatic imine (C=N–C) groups is 1. The van der Waals surface area contributed by atoms with E-state index in [1.165, 1.54) is 71.6 Å². The van der Waals surface area contributed by atoms with Crippen molar-refractivity contribution in [1.82, 2.24) is 4.98 Å². The van der Waals surface area contributed by atoms with Crippen LogP contribution in [-0.4, -0.2) is 17.7 Å². The quantitative estimate of drug-likeness (QED) is 0.183. The number of pyridine rings is 1. The van der Waals surface area contributed by atoms with Gasteiger partial charge in [0, 0.05) is 30.7 Å². The summed E-state index contributed by atoms with van der Waals surface area (Å²) in [6, 6.07) is 46.7. The minimum absolute atomic E-state index is 0.435. The van der Waals surface area contributed by atoms with Crippen molar-refractivity contribution in [2.45, 2.75) is 13.8 Å². The van der Waals surface area contributed by atoms with Gasteiger partial charge in [0.15, 0.2) is 0 Å². The average molecular weight is 591 g/mol. The van der Waals surface area contributed by atoms with E-state index in [2.05, 4.69) is 157 Å². The lowest BCUT2D eigenvalue weighted by molar-refractivity contribution is 0.740. The van der Waals surface area contributed by atoms with Gasteiger partial charge in [-0.2, -0.15) is 0 Å². The molecule has 0 saturated carbocycles. The molecule has 0 amide bonds. The Bertz CT molecular complexity index is 2310. The lowest BCUT2D eigenvalue weighted by Gasteiger charge is -2.20. The summed E-state index contributed by atoms with van der Waals surface area (Å²) in [6.07, 6.45) is 8.24. The molecule has 0 fully saturated rings. The zero-order valence-corrected chi connectivity index (χ0v) is 26.1. The molecule has 1 aliphatic heterocycles. The highest BCUT2D eigenvalue weighted by Crippen LogP contribution is 2.45. The predicted molar refractivity (Wildman–Crippen MR) is 196 cm³/mol. The second-order valence-corrected chi connectivity index (χ2v) is 12.4. The lowest BCUT2D eigenvalue weighted by atomic mass is 9.84. The van der Waals surface area contributed by atoms with Crippen molar-refractivity contribution in [3.8, 4) is 44.5 Å². The molecule has 1 unspecified atom stereocenters. The molecule has 0 N–H and O–H groups in total. The van der Waals surface area contributed by atoms with Crippen LogP contribution in [0, 0.1) is 12.8 Å². The number of aryl methyl sites for hydroxylation is 1. The summed E-state index contributed by atoms with van der Waals surface area (Å²) in [5.41, 5.74) is 13.2. The Balaban J connectivity index is 1.43. The van der Waals surface area contributed by atoms with Gasteiger partial charge in [-0.05, 0) is 114 Å². The number of allylic oxidation sites excluding steroid dienone is 1. The Labute approximate surface area is 270 Å². The number of benzene rings is 6. The number of hydrogen-bond acceptors (Lipinski definition) is 2. The van der Waals surface area contributed by atoms with Crippen LogP contribution < -0.4 is 0 Å². The van der Waals surface area contributed by atoms with Crippen LogP contribution >= 0.6 is 0 Å². The summed E-state index contributed by atoms with van der Waals surface area (Å²) < 4.78 is 0. The van der Waals surface area contributed by atoms with Crippen LogP contribution in [0.3, 0.4) is 0 Å². The number of fused-ring (bicyclic) bond motifs is 2. The van der Waals surface area contributed by atoms with Crippen LogP contribution in [-0.2, 0) is 0 Å². The van der Waals surface area contributed by atoms with Gasteiger partial charge in [-0.15, -0.1) is 0 Å². The fourth-order valence-corrected chi connectivity index (χ4v) is 6.92. The van der Waals surface area contributed by atoms with Gasteiger partial charge < -0.3 is 0 Å². The summed E-state index contributed by atoms with van der Waals surface area (Å²) in [7, 11) is 0. The molecule has 1 aliphatic rings. The van der Waals surface area contributed by atoms with E-state index < -0.39 is 0 Å². The molecule has 0 bridgehead atoms. The molecule has 46 heavy (non-hydrogen) atoms. The molecule has 2 nitrogen and oxygen atoms in total. The van der Waals surface area contributed by atoms with Crippen LogP contribution in [0.25, 0.3) is 71.6 Å². The maximum absolute atomic E-state index is 4.65. The fourth-order valence-electron chi connectivity index (χ4n) is 6.92. The van der Waals surface area contributed by atoms with Gasteiger partial charge >= 0.3 is 0 Å². The summed E-state index contributed by atoms with van der Waals surface area (Å²) in [5, 5.41) is 4.98. The van der Waals surface area contributed by atoms with Gasteiger partial charge in [0.25, 0.3) is 0 Å². The molecule has 0 aliphatic carbocycles. The lowest BCUT2D eigenvalue weighted by Crippen LogP contribution is -2.03. The van der Waals surface area contributed by atoms with Crippen LogP contribution in [0.2, 0.25) is 0 Å². The number of rotatable bonds is 5. The normalized spacial score (nSPS) is 14.5. The second-order valence-electron chi connectivity index (χ2n) is 12.4. The summed E-state index contributed by atoms with van der Waals surface area (Å²) in [5.74, 6) is 0.435. The Hall–Kier alpha value is -5.60. The topological polar surface area (TPSA) is 25.2 Å². The predicted octanol–water partition coefficient (Wildman–Crippen LogP) is 11.5. The van der Waals surface area contributed by atoms with Crippen LogP contribution in [0.4, 0.5) is 0 Å². The molecule has 7 aromatic rings. The number of aromatic nitrogens is 1. The molecule has 0 spiro atoms. The van der Waals surface area contributed by atoms with Gasteiger partial charge in [0.05, 0.1) is 0 Å². The first-order valence-corrected chi connectivity index (χ1v) is 16.0. The first-order chi connectivity index (χ1) is 22.6. The van der Waals surface area contributed by atoms with E-state index in [4.69, 9.17) is 0 Å². The highest BCUT2D eigenvalue weighted by atomic mass is 14.7. The van der Waals surface area contributed by atoms with E-state index in [0.717, 1.165) is 17.7 Å². The highest BCUT2D eigenvalue weighted by molar-refractivity contribution is 6.22. The summed E-state index contributed by atoms with van der Waals surface area (Å²) in [6.45, 7) is 5.18. The maximum Gasteiger partial charge on any atom is 0.0449 e. The third-order valence-corrected chi connectivity index (χ3v) is 9.06. The van der Waals surface area contributed by atoms with Gasteiger partial charge in [-0.25, -0.2) is 0 Å². The number of hydrogen-bond donors (Lipinski definition) is 0. The largest absolute Gasteiger partial charge is 0.292 e. The van der Waals surface area contributed by atoms with E-state index in [1.54, 1.807) is 0 Å². The average Bonchev–Trinajstić information content (AvgIpc) is 3.11. The zero-order chi connectivity index (χ0) is 31.0. The van der Waals surface area contributed by atoms with Crippen molar-refractivity contribution in [3.63, 3.8) is 0 Å². The van der Waals surface area contributed by atoms with Crippen molar-refractivity contribution >= 4 is 33.3 Å². The molecule has 0 saturated heterocycles. The SMILES string of the molecule is Cc1cncc(-c2cccc(-c3c4ccccc4c(-c4cccc(C5=CC(C)CN=C5)c4)c4cc(-c5ccccc5)ccc34)c2)c1. The van der Waals surface area contributed by atoms with Crippen LogP contribution in [0.15, 0.2) is 151 Å². The van der Waals surface area contributed by atoms with E-state index in [1.807, 2.05) is 18.6 Å². The number of dihydropyridines is 1. The van der Waals surface area contributed by atoms with Crippen molar-refractivity contribution in [3.05, 3.63) is 157 Å². The molecular weight excluding hydrogens is 556 g/mol. The van der Waals surface area contributed by atoms with Crippen molar-refractivity contribution in [2.24, 2.45) is 10.9 Å². The first-order valence-electron chi connectivity index (χ1n) is 16.0. The standard InChI is InChI=1S/C44H34N2/c1-29-20-37(27-45-25-29)32-12-8-14-35(22-32)43-39-16-6-7-17-40(39)44(36-15-9-13-33(23-36)38-21-30(2)26-46-28-38)42-24-34(18-19-41(42)43)31-10-4-3-5-11-31/h3-25,27-28,30H,26H2,1-2H3. The van der Waals surface area contributed by atoms with E-state index in [-0.39, 0.29) is 0 Å². The number of nitrogens with zero attached hydrogens (tertiary/aromatic N) is 2. The third-order valence-electron chi connectivity index (χ3n) is 9.06. The van der Waals surface area contributed by atoms with Crippen molar-refractivity contribution in [2.75, 3.05) is 6.54 Å². The smallest absolute Gasteiger partial charge is 0.0449 e. The second kappa shape index (κ2) is 11.7. The zero-order valence-electron chi connectivity index (χ0n) is 26.1. The Kier molecular flexibility index (Phi) is 7.11. The maximum atomic E-state index is 4.65. The first kappa shape index (κ1) is 27.9. The molecule has 2 heterocycles. The monoisotopic (exact) mass is 590 g/mol. The molecule has 8 rings (SSSR count). The van der Waals surface area contributed by atoms with Crippen LogP contribution in [0.5, 0.6) is 0 Å². The fraction of sp³-hybridized carbons (Fsp3) is 0.0909. The molecule has 2 heteroatoms. The summed E-state index contributed by atoms with van der Waals surface area (Å²) >= 11 is 0. The Morgan fingerprint density at radius 2 is 1.11 bits per heavy atom. The van der Waals surface area contributed by atoms with Gasteiger partial charge in [-0.3, -0.25) is 9.98 Å². The highest BCUT2D eigenvalue weighted by Gasteiger charge is 2.19. The third kappa shape index (κ3) is 5.12. The Morgan fingerprint density at radius 3 is 1.85 bits per heavy atom. The molecule has 1 aromatic heterocycles. The molecule has 220 valence electrons. The van der Waals surface area contributed by atoms with Gasteiger partial charge in [0.1, 0.15) is 0 Å². The van der Waals surface area contributed by atoms with E-state index >= 15 is 0 Å². The minimum atomic E-state index is 0.435. The molecular formula is C44H34N2. The Morgan fingerprint density at radius 1 is 0.500 bits per heavy atom. The molecule has 0 radical (unpaired) electrons. The van der Waals surface area contributed by atoms with Crippen molar-refractivity contribution < 1.29 is 0 Å². The van der Waals surface area contributed by atoms with E-state index in [9.17, 15) is 0 Å². The molecule has 6 aromatic carbocycles. The van der Waals surface area contributed by atoms with Gasteiger partial charge in [0.2, 0.25) is 0 Å².